The number of carbonyl (C=O) groups is 3. The second-order valence-electron chi connectivity index (χ2n) is 7.30. The number of nitrogens with zero attached hydrogens (tertiary/aromatic N) is 1. The summed E-state index contributed by atoms with van der Waals surface area (Å²) in [5.41, 5.74) is 7.73. The number of hydrogen-bond acceptors (Lipinski definition) is 5. The summed E-state index contributed by atoms with van der Waals surface area (Å²) in [5.74, 6) is -1.02. The second kappa shape index (κ2) is 9.09. The lowest BCUT2D eigenvalue weighted by Crippen LogP contribution is -2.40. The number of rotatable bonds is 4. The molecule has 8 heteroatoms. The van der Waals surface area contributed by atoms with Gasteiger partial charge >= 0.3 is 0 Å². The Labute approximate surface area is 174 Å². The van der Waals surface area contributed by atoms with E-state index in [1.807, 2.05) is 31.1 Å². The average molecular weight is 415 g/mol. The van der Waals surface area contributed by atoms with Gasteiger partial charge in [-0.2, -0.15) is 0 Å². The summed E-state index contributed by atoms with van der Waals surface area (Å²) in [4.78, 5) is 39.9. The molecule has 1 aliphatic carbocycles. The largest absolute Gasteiger partial charge is 0.378 e. The Bertz CT molecular complexity index is 919. The number of carbonyl (C=O) groups excluding carboxylic acids is 3. The van der Waals surface area contributed by atoms with E-state index in [-0.39, 0.29) is 11.8 Å². The van der Waals surface area contributed by atoms with Crippen molar-refractivity contribution in [2.24, 2.45) is 0 Å². The Kier molecular flexibility index (Phi) is 6.53. The second-order valence-corrected chi connectivity index (χ2v) is 8.40. The van der Waals surface area contributed by atoms with Gasteiger partial charge in [-0.1, -0.05) is 6.42 Å². The van der Waals surface area contributed by atoms with Crippen molar-refractivity contribution in [3.63, 3.8) is 0 Å². The molecule has 3 amide bonds. The zero-order valence-corrected chi connectivity index (χ0v) is 17.7. The molecule has 0 bridgehead atoms. The molecule has 0 spiro atoms. The molecular formula is C21H26N4O3S. The van der Waals surface area contributed by atoms with E-state index in [0.29, 0.717) is 16.1 Å². The van der Waals surface area contributed by atoms with Gasteiger partial charge in [0.05, 0.1) is 5.56 Å². The predicted octanol–water partition coefficient (Wildman–Crippen LogP) is 3.12. The molecular weight excluding hydrogens is 388 g/mol. The lowest BCUT2D eigenvalue weighted by Gasteiger charge is -2.13. The van der Waals surface area contributed by atoms with Crippen molar-refractivity contribution in [1.82, 2.24) is 10.9 Å². The molecule has 154 valence electrons. The van der Waals surface area contributed by atoms with Crippen LogP contribution in [0.3, 0.4) is 0 Å². The molecule has 1 aromatic carbocycles. The SMILES string of the molecule is CC(=O)NNC(=O)c1c(NC(=O)c2ccc(N(C)C)cc2)sc2c1CCCCC2. The Hall–Kier alpha value is -2.87. The van der Waals surface area contributed by atoms with Crippen molar-refractivity contribution >= 4 is 39.7 Å². The Balaban J connectivity index is 1.88. The third-order valence-corrected chi connectivity index (χ3v) is 6.08. The van der Waals surface area contributed by atoms with Gasteiger partial charge in [0, 0.05) is 37.1 Å². The number of hydrogen-bond donors (Lipinski definition) is 3. The molecule has 0 radical (unpaired) electrons. The van der Waals surface area contributed by atoms with Crippen molar-refractivity contribution < 1.29 is 14.4 Å². The molecule has 3 rings (SSSR count). The lowest BCUT2D eigenvalue weighted by atomic mass is 10.0. The normalized spacial score (nSPS) is 13.1. The van der Waals surface area contributed by atoms with Crippen LogP contribution in [0.5, 0.6) is 0 Å². The Morgan fingerprint density at radius 3 is 2.28 bits per heavy atom. The summed E-state index contributed by atoms with van der Waals surface area (Å²) in [6, 6.07) is 7.28. The number of aryl methyl sites for hydroxylation is 1. The molecule has 1 aliphatic rings. The zero-order chi connectivity index (χ0) is 21.0. The number of hydrazine groups is 1. The first-order chi connectivity index (χ1) is 13.9. The summed E-state index contributed by atoms with van der Waals surface area (Å²) >= 11 is 1.46. The van der Waals surface area contributed by atoms with E-state index >= 15 is 0 Å². The molecule has 0 saturated heterocycles. The van der Waals surface area contributed by atoms with Crippen molar-refractivity contribution in [2.45, 2.75) is 39.0 Å². The summed E-state index contributed by atoms with van der Waals surface area (Å²) in [5, 5.41) is 3.44. The lowest BCUT2D eigenvalue weighted by molar-refractivity contribution is -0.119. The van der Waals surface area contributed by atoms with Crippen molar-refractivity contribution in [3.8, 4) is 0 Å². The maximum atomic E-state index is 12.8. The van der Waals surface area contributed by atoms with E-state index in [9.17, 15) is 14.4 Å². The number of amides is 3. The topological polar surface area (TPSA) is 90.5 Å². The van der Waals surface area contributed by atoms with Crippen molar-refractivity contribution in [2.75, 3.05) is 24.3 Å². The van der Waals surface area contributed by atoms with Crippen LogP contribution >= 0.6 is 11.3 Å². The van der Waals surface area contributed by atoms with Crippen LogP contribution in [0.1, 0.15) is 57.3 Å². The molecule has 0 unspecified atom stereocenters. The van der Waals surface area contributed by atoms with Crippen LogP contribution in [0, 0.1) is 0 Å². The zero-order valence-electron chi connectivity index (χ0n) is 16.9. The minimum absolute atomic E-state index is 0.264. The highest BCUT2D eigenvalue weighted by Crippen LogP contribution is 2.37. The predicted molar refractivity (Wildman–Crippen MR) is 116 cm³/mol. The van der Waals surface area contributed by atoms with E-state index in [4.69, 9.17) is 0 Å². The van der Waals surface area contributed by atoms with E-state index in [1.165, 1.54) is 18.3 Å². The Morgan fingerprint density at radius 2 is 1.62 bits per heavy atom. The maximum absolute atomic E-state index is 12.8. The van der Waals surface area contributed by atoms with Gasteiger partial charge in [0.25, 0.3) is 11.8 Å². The molecule has 0 atom stereocenters. The number of anilines is 2. The monoisotopic (exact) mass is 414 g/mol. The van der Waals surface area contributed by atoms with Gasteiger partial charge in [-0.25, -0.2) is 0 Å². The first-order valence-electron chi connectivity index (χ1n) is 9.67. The van der Waals surface area contributed by atoms with Gasteiger partial charge < -0.3 is 10.2 Å². The standard InChI is InChI=1S/C21H26N4O3S/c1-13(26)23-24-20(28)18-16-7-5-4-6-8-17(16)29-21(18)22-19(27)14-9-11-15(12-10-14)25(2)3/h9-12H,4-8H2,1-3H3,(H,22,27)(H,23,26)(H,24,28). The van der Waals surface area contributed by atoms with Crippen LogP contribution in [0.4, 0.5) is 10.7 Å². The maximum Gasteiger partial charge on any atom is 0.272 e. The smallest absolute Gasteiger partial charge is 0.272 e. The summed E-state index contributed by atoms with van der Waals surface area (Å²) in [7, 11) is 3.88. The molecule has 0 fully saturated rings. The third-order valence-electron chi connectivity index (χ3n) is 4.87. The molecule has 1 heterocycles. The van der Waals surface area contributed by atoms with Crippen LogP contribution in [0.15, 0.2) is 24.3 Å². The fourth-order valence-electron chi connectivity index (χ4n) is 3.36. The van der Waals surface area contributed by atoms with Gasteiger partial charge in [0.2, 0.25) is 5.91 Å². The highest BCUT2D eigenvalue weighted by atomic mass is 32.1. The van der Waals surface area contributed by atoms with Gasteiger partial charge in [-0.05, 0) is 55.5 Å². The number of fused-ring (bicyclic) bond motifs is 1. The fraction of sp³-hybridized carbons (Fsp3) is 0.381. The van der Waals surface area contributed by atoms with E-state index in [0.717, 1.165) is 48.2 Å². The van der Waals surface area contributed by atoms with Crippen LogP contribution in [-0.2, 0) is 17.6 Å². The molecule has 0 aliphatic heterocycles. The molecule has 0 saturated carbocycles. The van der Waals surface area contributed by atoms with E-state index in [1.54, 1.807) is 12.1 Å². The quantitative estimate of drug-likeness (QED) is 0.530. The minimum Gasteiger partial charge on any atom is -0.378 e. The molecule has 29 heavy (non-hydrogen) atoms. The first kappa shape index (κ1) is 20.9. The average Bonchev–Trinajstić information content (AvgIpc) is 2.86. The third kappa shape index (κ3) is 4.95. The minimum atomic E-state index is -0.405. The van der Waals surface area contributed by atoms with Crippen LogP contribution in [-0.4, -0.2) is 31.8 Å². The number of benzene rings is 1. The van der Waals surface area contributed by atoms with Crippen LogP contribution in [0.25, 0.3) is 0 Å². The first-order valence-corrected chi connectivity index (χ1v) is 10.5. The van der Waals surface area contributed by atoms with E-state index in [2.05, 4.69) is 16.2 Å². The summed E-state index contributed by atoms with van der Waals surface area (Å²) in [6.45, 7) is 1.33. The molecule has 2 aromatic rings. The molecule has 1 aromatic heterocycles. The van der Waals surface area contributed by atoms with Gasteiger partial charge in [0.15, 0.2) is 0 Å². The highest BCUT2D eigenvalue weighted by Gasteiger charge is 2.26. The summed E-state index contributed by atoms with van der Waals surface area (Å²) < 4.78 is 0. The molecule has 3 N–H and O–H groups in total. The van der Waals surface area contributed by atoms with Crippen LogP contribution in [0.2, 0.25) is 0 Å². The van der Waals surface area contributed by atoms with Gasteiger partial charge in [-0.3, -0.25) is 25.2 Å². The fourth-order valence-corrected chi connectivity index (χ4v) is 4.65. The van der Waals surface area contributed by atoms with E-state index < -0.39 is 5.91 Å². The van der Waals surface area contributed by atoms with Gasteiger partial charge in [-0.15, -0.1) is 11.3 Å². The highest BCUT2D eigenvalue weighted by molar-refractivity contribution is 7.17. The van der Waals surface area contributed by atoms with Gasteiger partial charge in [0.1, 0.15) is 5.00 Å². The Morgan fingerprint density at radius 1 is 0.931 bits per heavy atom. The van der Waals surface area contributed by atoms with Crippen molar-refractivity contribution in [1.29, 1.82) is 0 Å². The van der Waals surface area contributed by atoms with Crippen LogP contribution < -0.4 is 21.1 Å². The summed E-state index contributed by atoms with van der Waals surface area (Å²) in [6.07, 6.45) is 4.88. The number of thiophene rings is 1. The number of nitrogens with one attached hydrogen (secondary N) is 3. The van der Waals surface area contributed by atoms with Crippen molar-refractivity contribution in [3.05, 3.63) is 45.8 Å². The molecule has 7 nitrogen and oxygen atoms in total.